The second kappa shape index (κ2) is 8.02. The fourth-order valence-electron chi connectivity index (χ4n) is 2.21. The van der Waals surface area contributed by atoms with Crippen LogP contribution in [0.3, 0.4) is 0 Å². The number of hydrogen-bond acceptors (Lipinski definition) is 5. The van der Waals surface area contributed by atoms with Gasteiger partial charge in [0.05, 0.1) is 16.4 Å². The molecule has 0 heterocycles. The number of non-ortho nitro benzene ring substituents is 1. The molecule has 0 aromatic heterocycles. The van der Waals surface area contributed by atoms with Crippen molar-refractivity contribution in [1.82, 2.24) is 4.72 Å². The quantitative estimate of drug-likeness (QED) is 0.563. The molecule has 0 radical (unpaired) electrons. The van der Waals surface area contributed by atoms with Gasteiger partial charge in [0.2, 0.25) is 15.9 Å². The number of nitrogens with zero attached hydrogens (tertiary/aromatic N) is 1. The van der Waals surface area contributed by atoms with Crippen molar-refractivity contribution in [3.63, 3.8) is 0 Å². The Morgan fingerprint density at radius 3 is 2.58 bits per heavy atom. The number of carbonyl (C=O) groups excluding carboxylic acids is 1. The van der Waals surface area contributed by atoms with E-state index in [-0.39, 0.29) is 16.3 Å². The number of halogens is 1. The highest BCUT2D eigenvalue weighted by molar-refractivity contribution is 7.89. The maximum atomic E-state index is 13.1. The van der Waals surface area contributed by atoms with E-state index in [4.69, 9.17) is 0 Å². The fourth-order valence-corrected chi connectivity index (χ4v) is 3.52. The van der Waals surface area contributed by atoms with E-state index < -0.39 is 33.2 Å². The monoisotopic (exact) mass is 381 g/mol. The van der Waals surface area contributed by atoms with Crippen molar-refractivity contribution in [2.24, 2.45) is 0 Å². The molecule has 0 aliphatic carbocycles. The number of rotatable bonds is 7. The second-order valence-electron chi connectivity index (χ2n) is 5.29. The molecular weight excluding hydrogens is 365 g/mol. The molecule has 0 fully saturated rings. The summed E-state index contributed by atoms with van der Waals surface area (Å²) in [6, 6.07) is 8.66. The maximum absolute atomic E-state index is 13.1. The average molecular weight is 381 g/mol. The molecular formula is C16H16FN3O5S. The minimum atomic E-state index is -4.14. The van der Waals surface area contributed by atoms with Gasteiger partial charge in [-0.2, -0.15) is 0 Å². The van der Waals surface area contributed by atoms with Crippen LogP contribution < -0.4 is 10.0 Å². The number of nitro benzene ring substituents is 1. The first-order chi connectivity index (χ1) is 12.2. The number of aryl methyl sites for hydroxylation is 1. The zero-order valence-electron chi connectivity index (χ0n) is 13.7. The molecule has 0 bridgehead atoms. The van der Waals surface area contributed by atoms with Crippen LogP contribution in [0.1, 0.15) is 12.5 Å². The molecule has 0 saturated heterocycles. The van der Waals surface area contributed by atoms with Crippen LogP contribution in [0.5, 0.6) is 0 Å². The maximum Gasteiger partial charge on any atom is 0.270 e. The summed E-state index contributed by atoms with van der Waals surface area (Å²) in [6.07, 6.45) is 0.337. The van der Waals surface area contributed by atoms with Crippen molar-refractivity contribution < 1.29 is 22.5 Å². The number of nitrogens with one attached hydrogen (secondary N) is 2. The molecule has 8 nitrogen and oxygen atoms in total. The lowest BCUT2D eigenvalue weighted by atomic mass is 10.1. The second-order valence-corrected chi connectivity index (χ2v) is 7.02. The molecule has 2 aromatic rings. The Labute approximate surface area is 149 Å². The average Bonchev–Trinajstić information content (AvgIpc) is 2.59. The normalized spacial score (nSPS) is 11.2. The van der Waals surface area contributed by atoms with Gasteiger partial charge in [-0.05, 0) is 30.2 Å². The van der Waals surface area contributed by atoms with Crippen LogP contribution in [-0.2, 0) is 21.2 Å². The van der Waals surface area contributed by atoms with E-state index in [1.807, 2.05) is 0 Å². The molecule has 0 atom stereocenters. The Bertz CT molecular complexity index is 947. The lowest BCUT2D eigenvalue weighted by molar-refractivity contribution is -0.385. The Balaban J connectivity index is 2.14. The van der Waals surface area contributed by atoms with Gasteiger partial charge >= 0.3 is 0 Å². The van der Waals surface area contributed by atoms with Crippen LogP contribution in [0.2, 0.25) is 0 Å². The Morgan fingerprint density at radius 1 is 1.23 bits per heavy atom. The van der Waals surface area contributed by atoms with Gasteiger partial charge in [-0.3, -0.25) is 14.9 Å². The van der Waals surface area contributed by atoms with Crippen LogP contribution in [-0.4, -0.2) is 25.8 Å². The smallest absolute Gasteiger partial charge is 0.270 e. The topological polar surface area (TPSA) is 118 Å². The van der Waals surface area contributed by atoms with Gasteiger partial charge in [0.1, 0.15) is 5.82 Å². The van der Waals surface area contributed by atoms with E-state index in [9.17, 15) is 27.7 Å². The number of carbonyl (C=O) groups is 1. The Morgan fingerprint density at radius 2 is 1.96 bits per heavy atom. The first kappa shape index (κ1) is 19.5. The molecule has 2 N–H and O–H groups in total. The van der Waals surface area contributed by atoms with E-state index in [0.717, 1.165) is 12.1 Å². The number of sulfonamides is 1. The zero-order chi connectivity index (χ0) is 19.3. The number of benzene rings is 2. The first-order valence-electron chi connectivity index (χ1n) is 7.55. The first-order valence-corrected chi connectivity index (χ1v) is 9.03. The molecule has 10 heteroatoms. The minimum absolute atomic E-state index is 0.179. The fraction of sp³-hybridized carbons (Fsp3) is 0.188. The van der Waals surface area contributed by atoms with Crippen LogP contribution in [0.4, 0.5) is 15.8 Å². The summed E-state index contributed by atoms with van der Waals surface area (Å²) in [5.74, 6) is -1.25. The molecule has 2 rings (SSSR count). The van der Waals surface area contributed by atoms with Crippen molar-refractivity contribution >= 4 is 27.3 Å². The zero-order valence-corrected chi connectivity index (χ0v) is 14.5. The summed E-state index contributed by atoms with van der Waals surface area (Å²) in [5.41, 5.74) is 0.194. The number of hydrogen-bond donors (Lipinski definition) is 2. The van der Waals surface area contributed by atoms with E-state index in [0.29, 0.717) is 12.0 Å². The third kappa shape index (κ3) is 4.83. The van der Waals surface area contributed by atoms with E-state index in [2.05, 4.69) is 10.0 Å². The summed E-state index contributed by atoms with van der Waals surface area (Å²) < 4.78 is 40.0. The van der Waals surface area contributed by atoms with Gasteiger partial charge in [-0.1, -0.05) is 19.1 Å². The SMILES string of the molecule is CCc1ccc([N+](=O)[O-])cc1S(=O)(=O)NCC(=O)Nc1cccc(F)c1. The molecule has 2 aromatic carbocycles. The van der Waals surface area contributed by atoms with Crippen molar-refractivity contribution in [1.29, 1.82) is 0 Å². The van der Waals surface area contributed by atoms with E-state index >= 15 is 0 Å². The van der Waals surface area contributed by atoms with Crippen LogP contribution in [0.25, 0.3) is 0 Å². The molecule has 0 unspecified atom stereocenters. The summed E-state index contributed by atoms with van der Waals surface area (Å²) in [5, 5.41) is 13.2. The summed E-state index contributed by atoms with van der Waals surface area (Å²) >= 11 is 0. The van der Waals surface area contributed by atoms with Crippen LogP contribution >= 0.6 is 0 Å². The van der Waals surface area contributed by atoms with Gasteiger partial charge in [-0.15, -0.1) is 0 Å². The molecule has 138 valence electrons. The van der Waals surface area contributed by atoms with Gasteiger partial charge in [-0.25, -0.2) is 17.5 Å². The predicted molar refractivity (Wildman–Crippen MR) is 92.7 cm³/mol. The third-order valence-corrected chi connectivity index (χ3v) is 4.95. The number of amides is 1. The highest BCUT2D eigenvalue weighted by Gasteiger charge is 2.22. The Hall–Kier alpha value is -2.85. The summed E-state index contributed by atoms with van der Waals surface area (Å²) in [6.45, 7) is 1.10. The van der Waals surface area contributed by atoms with E-state index in [1.165, 1.54) is 30.3 Å². The largest absolute Gasteiger partial charge is 0.325 e. The standard InChI is InChI=1S/C16H16FN3O5S/c1-2-11-6-7-14(20(22)23)9-15(11)26(24,25)18-10-16(21)19-13-5-3-4-12(17)8-13/h3-9,18H,2,10H2,1H3,(H,19,21). The van der Waals surface area contributed by atoms with E-state index in [1.54, 1.807) is 6.92 Å². The van der Waals surface area contributed by atoms with Gasteiger partial charge in [0.25, 0.3) is 5.69 Å². The number of nitro groups is 1. The third-order valence-electron chi connectivity index (χ3n) is 3.46. The number of anilines is 1. The van der Waals surface area contributed by atoms with Gasteiger partial charge in [0.15, 0.2) is 0 Å². The lowest BCUT2D eigenvalue weighted by Gasteiger charge is -2.11. The molecule has 0 saturated carbocycles. The van der Waals surface area contributed by atoms with Crippen LogP contribution in [0.15, 0.2) is 47.4 Å². The van der Waals surface area contributed by atoms with Gasteiger partial charge < -0.3 is 5.32 Å². The molecule has 0 aliphatic heterocycles. The molecule has 26 heavy (non-hydrogen) atoms. The molecule has 1 amide bonds. The van der Waals surface area contributed by atoms with Crippen molar-refractivity contribution in [3.05, 3.63) is 64.0 Å². The van der Waals surface area contributed by atoms with Gasteiger partial charge in [0, 0.05) is 17.8 Å². The molecule has 0 aliphatic rings. The minimum Gasteiger partial charge on any atom is -0.325 e. The summed E-state index contributed by atoms with van der Waals surface area (Å²) in [4.78, 5) is 21.8. The lowest BCUT2D eigenvalue weighted by Crippen LogP contribution is -2.33. The highest BCUT2D eigenvalue weighted by Crippen LogP contribution is 2.22. The molecule has 0 spiro atoms. The summed E-state index contributed by atoms with van der Waals surface area (Å²) in [7, 11) is -4.14. The highest BCUT2D eigenvalue weighted by atomic mass is 32.2. The Kier molecular flexibility index (Phi) is 6.01. The van der Waals surface area contributed by atoms with Crippen molar-refractivity contribution in [3.8, 4) is 0 Å². The van der Waals surface area contributed by atoms with Crippen molar-refractivity contribution in [2.75, 3.05) is 11.9 Å². The predicted octanol–water partition coefficient (Wildman–Crippen LogP) is 2.21. The van der Waals surface area contributed by atoms with Crippen molar-refractivity contribution in [2.45, 2.75) is 18.2 Å². The van der Waals surface area contributed by atoms with Crippen LogP contribution in [0, 0.1) is 15.9 Å².